The van der Waals surface area contributed by atoms with Gasteiger partial charge in [-0.05, 0) is 44.9 Å². The molecule has 0 aromatic rings. The molecule has 3 fully saturated rings. The van der Waals surface area contributed by atoms with Gasteiger partial charge < -0.3 is 19.6 Å². The Morgan fingerprint density at radius 2 is 2.00 bits per heavy atom. The number of rotatable bonds is 15. The van der Waals surface area contributed by atoms with E-state index in [4.69, 9.17) is 4.74 Å². The number of aliphatic hydroxyl groups excluding tert-OH is 1. The van der Waals surface area contributed by atoms with E-state index in [1.165, 1.54) is 0 Å². The van der Waals surface area contributed by atoms with Crippen LogP contribution in [0.3, 0.4) is 0 Å². The standard InChI is InChI=1S/C29H46N2O5S/c1-7-11-13-18-36-27(35)23-22-25(33)31(21(19-32)20(5)10-4)24(29(22)15-14-28(23,6)37-29)26(34)30(16-9-3)17-12-8-2/h7,9,20-24,32H,1,3,8,10-19H2,2,4-6H3/t20-,21-,22-,23-,24?,28+,29?/m0/s1. The molecular formula is C29H46N2O5S. The van der Waals surface area contributed by atoms with Gasteiger partial charge in [0.1, 0.15) is 6.04 Å². The van der Waals surface area contributed by atoms with Crippen molar-refractivity contribution in [2.45, 2.75) is 94.2 Å². The van der Waals surface area contributed by atoms with Gasteiger partial charge in [0.15, 0.2) is 0 Å². The zero-order valence-corrected chi connectivity index (χ0v) is 23.9. The largest absolute Gasteiger partial charge is 0.465 e. The van der Waals surface area contributed by atoms with E-state index in [9.17, 15) is 19.5 Å². The van der Waals surface area contributed by atoms with Gasteiger partial charge in [-0.3, -0.25) is 14.4 Å². The number of hydrogen-bond donors (Lipinski definition) is 1. The number of esters is 1. The van der Waals surface area contributed by atoms with Crippen LogP contribution >= 0.6 is 11.8 Å². The molecule has 0 aromatic heterocycles. The van der Waals surface area contributed by atoms with Crippen LogP contribution in [-0.4, -0.2) is 80.6 Å². The van der Waals surface area contributed by atoms with E-state index in [2.05, 4.69) is 27.0 Å². The summed E-state index contributed by atoms with van der Waals surface area (Å²) in [6.07, 6.45) is 8.97. The Balaban J connectivity index is 2.06. The number of ether oxygens (including phenoxy) is 1. The Labute approximate surface area is 227 Å². The molecule has 0 radical (unpaired) electrons. The lowest BCUT2D eigenvalue weighted by Gasteiger charge is -2.41. The van der Waals surface area contributed by atoms with E-state index in [1.807, 2.05) is 13.8 Å². The molecule has 2 bridgehead atoms. The van der Waals surface area contributed by atoms with Crippen molar-refractivity contribution >= 4 is 29.5 Å². The van der Waals surface area contributed by atoms with Crippen LogP contribution in [0, 0.1) is 17.8 Å². The smallest absolute Gasteiger partial charge is 0.311 e. The summed E-state index contributed by atoms with van der Waals surface area (Å²) in [6.45, 7) is 16.8. The Kier molecular flexibility index (Phi) is 9.95. The number of likely N-dealkylation sites (tertiary alicyclic amines) is 1. The summed E-state index contributed by atoms with van der Waals surface area (Å²) in [4.78, 5) is 45.6. The van der Waals surface area contributed by atoms with E-state index in [0.29, 0.717) is 32.5 Å². The van der Waals surface area contributed by atoms with Gasteiger partial charge in [-0.25, -0.2) is 0 Å². The first-order valence-corrected chi connectivity index (χ1v) is 14.8. The number of aliphatic hydroxyl groups is 1. The van der Waals surface area contributed by atoms with Crippen LogP contribution in [0.2, 0.25) is 0 Å². The molecule has 1 N–H and O–H groups in total. The average Bonchev–Trinajstić information content (AvgIpc) is 3.45. The van der Waals surface area contributed by atoms with Crippen molar-refractivity contribution in [3.8, 4) is 0 Å². The number of hydrogen-bond acceptors (Lipinski definition) is 6. The second-order valence-electron chi connectivity index (χ2n) is 11.1. The van der Waals surface area contributed by atoms with Crippen molar-refractivity contribution in [2.24, 2.45) is 17.8 Å². The maximum atomic E-state index is 14.3. The molecule has 3 aliphatic heterocycles. The van der Waals surface area contributed by atoms with Gasteiger partial charge in [0.05, 0.1) is 35.8 Å². The van der Waals surface area contributed by atoms with Crippen LogP contribution in [0.15, 0.2) is 25.3 Å². The fourth-order valence-electron chi connectivity index (χ4n) is 6.63. The zero-order valence-electron chi connectivity index (χ0n) is 23.1. The average molecular weight is 535 g/mol. The molecule has 7 atom stereocenters. The Bertz CT molecular complexity index is 880. The van der Waals surface area contributed by atoms with Crippen molar-refractivity contribution in [3.05, 3.63) is 25.3 Å². The first-order chi connectivity index (χ1) is 17.7. The highest BCUT2D eigenvalue weighted by atomic mass is 32.2. The van der Waals surface area contributed by atoms with E-state index < -0.39 is 33.4 Å². The van der Waals surface area contributed by atoms with Crippen LogP contribution in [-0.2, 0) is 19.1 Å². The van der Waals surface area contributed by atoms with E-state index in [0.717, 1.165) is 32.1 Å². The predicted molar refractivity (Wildman–Crippen MR) is 148 cm³/mol. The number of allylic oxidation sites excluding steroid dienone is 1. The lowest BCUT2D eigenvalue weighted by molar-refractivity contribution is -0.156. The zero-order chi connectivity index (χ0) is 27.4. The molecule has 0 saturated carbocycles. The summed E-state index contributed by atoms with van der Waals surface area (Å²) < 4.78 is 4.53. The maximum absolute atomic E-state index is 14.3. The van der Waals surface area contributed by atoms with Gasteiger partial charge in [0, 0.05) is 17.8 Å². The minimum Gasteiger partial charge on any atom is -0.465 e. The quantitative estimate of drug-likeness (QED) is 0.193. The molecule has 1 spiro atoms. The summed E-state index contributed by atoms with van der Waals surface area (Å²) in [7, 11) is 0. The van der Waals surface area contributed by atoms with Crippen LogP contribution < -0.4 is 0 Å². The summed E-state index contributed by atoms with van der Waals surface area (Å²) in [6, 6.07) is -1.21. The molecule has 0 aliphatic carbocycles. The van der Waals surface area contributed by atoms with Crippen LogP contribution in [0.4, 0.5) is 0 Å². The second-order valence-corrected chi connectivity index (χ2v) is 13.0. The third-order valence-electron chi connectivity index (χ3n) is 8.79. The summed E-state index contributed by atoms with van der Waals surface area (Å²) in [5.74, 6) is -1.86. The minimum absolute atomic E-state index is 0.00469. The molecule has 3 aliphatic rings. The van der Waals surface area contributed by atoms with Gasteiger partial charge in [-0.1, -0.05) is 45.8 Å². The number of unbranched alkanes of at least 4 members (excludes halogenated alkanes) is 2. The molecule has 37 heavy (non-hydrogen) atoms. The second kappa shape index (κ2) is 12.4. The number of nitrogens with zero attached hydrogens (tertiary/aromatic N) is 2. The highest BCUT2D eigenvalue weighted by Gasteiger charge is 2.78. The first kappa shape index (κ1) is 29.8. The third-order valence-corrected chi connectivity index (χ3v) is 10.8. The third kappa shape index (κ3) is 5.25. The number of carbonyl (C=O) groups excluding carboxylic acids is 3. The summed E-state index contributed by atoms with van der Waals surface area (Å²) >= 11 is 1.65. The minimum atomic E-state index is -0.724. The van der Waals surface area contributed by atoms with Gasteiger partial charge >= 0.3 is 5.97 Å². The number of carbonyl (C=O) groups is 3. The van der Waals surface area contributed by atoms with Crippen molar-refractivity contribution < 1.29 is 24.2 Å². The van der Waals surface area contributed by atoms with Crippen molar-refractivity contribution in [1.29, 1.82) is 0 Å². The topological polar surface area (TPSA) is 87.1 Å². The molecule has 2 unspecified atom stereocenters. The van der Waals surface area contributed by atoms with Crippen molar-refractivity contribution in [1.82, 2.24) is 9.80 Å². The number of amides is 2. The Morgan fingerprint density at radius 3 is 2.59 bits per heavy atom. The van der Waals surface area contributed by atoms with Crippen LogP contribution in [0.1, 0.15) is 72.6 Å². The molecular weight excluding hydrogens is 488 g/mol. The fourth-order valence-corrected chi connectivity index (χ4v) is 8.96. The number of thioether (sulfide) groups is 1. The molecule has 0 aromatic carbocycles. The highest BCUT2D eigenvalue weighted by Crippen LogP contribution is 2.72. The van der Waals surface area contributed by atoms with Crippen molar-refractivity contribution in [3.63, 3.8) is 0 Å². The van der Waals surface area contributed by atoms with Gasteiger partial charge in [0.25, 0.3) is 0 Å². The highest BCUT2D eigenvalue weighted by molar-refractivity contribution is 8.02. The SMILES string of the molecule is C=CCCCOC(=O)[C@@H]1[C@H]2C(=O)N([C@@H](CO)[C@@H](C)CC)C(C(=O)N(CC=C)CCCC)C23CC[C@@]1(C)S3. The summed E-state index contributed by atoms with van der Waals surface area (Å²) in [5, 5.41) is 10.5. The number of fused-ring (bicyclic) bond motifs is 1. The maximum Gasteiger partial charge on any atom is 0.311 e. The monoisotopic (exact) mass is 534 g/mol. The van der Waals surface area contributed by atoms with Crippen molar-refractivity contribution in [2.75, 3.05) is 26.3 Å². The first-order valence-electron chi connectivity index (χ1n) is 14.0. The lowest BCUT2D eigenvalue weighted by atomic mass is 9.66. The molecule has 8 heteroatoms. The fraction of sp³-hybridized carbons (Fsp3) is 0.759. The Morgan fingerprint density at radius 1 is 1.27 bits per heavy atom. The lowest BCUT2D eigenvalue weighted by Crippen LogP contribution is -2.58. The van der Waals surface area contributed by atoms with Crippen LogP contribution in [0.5, 0.6) is 0 Å². The molecule has 3 saturated heterocycles. The molecule has 3 rings (SSSR count). The normalized spacial score (nSPS) is 31.6. The van der Waals surface area contributed by atoms with Gasteiger partial charge in [-0.15, -0.1) is 24.9 Å². The van der Waals surface area contributed by atoms with E-state index in [1.54, 1.807) is 33.7 Å². The molecule has 7 nitrogen and oxygen atoms in total. The van der Waals surface area contributed by atoms with Crippen LogP contribution in [0.25, 0.3) is 0 Å². The predicted octanol–water partition coefficient (Wildman–Crippen LogP) is 4.20. The van der Waals surface area contributed by atoms with E-state index >= 15 is 0 Å². The van der Waals surface area contributed by atoms with E-state index in [-0.39, 0.29) is 30.3 Å². The summed E-state index contributed by atoms with van der Waals surface area (Å²) in [5.41, 5.74) is 0. The van der Waals surface area contributed by atoms with Gasteiger partial charge in [0.2, 0.25) is 11.8 Å². The Hall–Kier alpha value is -1.80. The molecule has 3 heterocycles. The van der Waals surface area contributed by atoms with Gasteiger partial charge in [-0.2, -0.15) is 0 Å². The molecule has 2 amide bonds. The molecule has 208 valence electrons.